The molecule has 1 saturated heterocycles. The number of nitrogens with two attached hydrogens (primary N) is 1. The number of piperidine rings is 1. The normalized spacial score (nSPS) is 15.1. The maximum atomic E-state index is 13.1. The Balaban J connectivity index is 1.79. The molecular formula is C26H34N4O5S. The maximum Gasteiger partial charge on any atom is 0.323 e. The Labute approximate surface area is 213 Å². The van der Waals surface area contributed by atoms with Crippen LogP contribution in [0.1, 0.15) is 30.9 Å². The van der Waals surface area contributed by atoms with Crippen LogP contribution in [0.15, 0.2) is 54.6 Å². The van der Waals surface area contributed by atoms with Crippen molar-refractivity contribution in [3.05, 3.63) is 65.7 Å². The fourth-order valence-electron chi connectivity index (χ4n) is 3.89. The minimum Gasteiger partial charge on any atom is -0.490 e. The average molecular weight is 515 g/mol. The van der Waals surface area contributed by atoms with Gasteiger partial charge in [0, 0.05) is 18.7 Å². The van der Waals surface area contributed by atoms with Crippen molar-refractivity contribution in [1.29, 1.82) is 5.41 Å². The van der Waals surface area contributed by atoms with Crippen LogP contribution in [0.5, 0.6) is 5.75 Å². The van der Waals surface area contributed by atoms with E-state index >= 15 is 0 Å². The molecule has 1 aliphatic heterocycles. The second-order valence-corrected chi connectivity index (χ2v) is 10.5. The van der Waals surface area contributed by atoms with E-state index in [1.165, 1.54) is 4.31 Å². The van der Waals surface area contributed by atoms with E-state index in [9.17, 15) is 13.2 Å². The molecule has 2 aromatic rings. The second-order valence-electron chi connectivity index (χ2n) is 8.65. The SMILES string of the molecule is CCOC(=O)CS(=O)(=O)N(CC=Cc1cccc(C(=N)N)c1)c1ccc(OC2CCN(C)CC2)cc1. The minimum absolute atomic E-state index is 0.00119. The number of rotatable bonds is 11. The molecule has 0 radical (unpaired) electrons. The Bertz CT molecular complexity index is 1170. The van der Waals surface area contributed by atoms with Gasteiger partial charge in [0.1, 0.15) is 17.7 Å². The fraction of sp³-hybridized carbons (Fsp3) is 0.385. The van der Waals surface area contributed by atoms with Crippen molar-refractivity contribution in [1.82, 2.24) is 4.90 Å². The van der Waals surface area contributed by atoms with Crippen molar-refractivity contribution in [2.45, 2.75) is 25.9 Å². The molecular weight excluding hydrogens is 480 g/mol. The molecule has 3 N–H and O–H groups in total. The number of carbonyl (C=O) groups is 1. The van der Waals surface area contributed by atoms with E-state index in [4.69, 9.17) is 20.6 Å². The quantitative estimate of drug-likeness (QED) is 0.268. The van der Waals surface area contributed by atoms with E-state index in [2.05, 4.69) is 11.9 Å². The van der Waals surface area contributed by atoms with E-state index in [0.29, 0.717) is 17.0 Å². The first kappa shape index (κ1) is 27.2. The summed E-state index contributed by atoms with van der Waals surface area (Å²) in [6, 6.07) is 13.9. The summed E-state index contributed by atoms with van der Waals surface area (Å²) >= 11 is 0. The van der Waals surface area contributed by atoms with Gasteiger partial charge in [-0.3, -0.25) is 14.5 Å². The Morgan fingerprint density at radius 2 is 1.89 bits per heavy atom. The van der Waals surface area contributed by atoms with Crippen LogP contribution < -0.4 is 14.8 Å². The number of likely N-dealkylation sites (tertiary alicyclic amines) is 1. The number of carbonyl (C=O) groups excluding carboxylic acids is 1. The molecule has 0 spiro atoms. The highest BCUT2D eigenvalue weighted by atomic mass is 32.2. The van der Waals surface area contributed by atoms with Gasteiger partial charge in [0.15, 0.2) is 5.75 Å². The van der Waals surface area contributed by atoms with Crippen LogP contribution in [0.2, 0.25) is 0 Å². The molecule has 194 valence electrons. The number of anilines is 1. The summed E-state index contributed by atoms with van der Waals surface area (Å²) in [5.41, 5.74) is 7.31. The number of nitrogen functional groups attached to an aromatic ring is 1. The number of sulfonamides is 1. The summed E-state index contributed by atoms with van der Waals surface area (Å²) in [7, 11) is -1.92. The number of hydrogen-bond acceptors (Lipinski definition) is 7. The van der Waals surface area contributed by atoms with Crippen LogP contribution in [0.4, 0.5) is 5.69 Å². The van der Waals surface area contributed by atoms with Crippen LogP contribution in [0.3, 0.4) is 0 Å². The molecule has 2 aromatic carbocycles. The summed E-state index contributed by atoms with van der Waals surface area (Å²) in [6.45, 7) is 3.68. The zero-order valence-electron chi connectivity index (χ0n) is 20.7. The summed E-state index contributed by atoms with van der Waals surface area (Å²) in [5.74, 6) is -0.940. The first-order chi connectivity index (χ1) is 17.2. The van der Waals surface area contributed by atoms with E-state index in [-0.39, 0.29) is 25.1 Å². The Morgan fingerprint density at radius 1 is 1.19 bits per heavy atom. The summed E-state index contributed by atoms with van der Waals surface area (Å²) in [5, 5.41) is 7.59. The standard InChI is InChI=1S/C26H34N4O5S/c1-3-34-25(31)19-36(32,33)30(15-5-7-20-6-4-8-21(18-20)26(27)28)22-9-11-23(12-10-22)35-24-13-16-29(2)17-14-24/h4-12,18,24H,3,13-17,19H2,1-2H3,(H3,27,28). The van der Waals surface area contributed by atoms with Gasteiger partial charge in [-0.1, -0.05) is 30.4 Å². The predicted molar refractivity (Wildman–Crippen MR) is 142 cm³/mol. The molecule has 36 heavy (non-hydrogen) atoms. The van der Waals surface area contributed by atoms with Crippen molar-refractivity contribution >= 4 is 33.6 Å². The number of ether oxygens (including phenoxy) is 2. The zero-order valence-corrected chi connectivity index (χ0v) is 21.5. The Kier molecular flexibility index (Phi) is 9.49. The molecule has 1 fully saturated rings. The molecule has 9 nitrogen and oxygen atoms in total. The number of hydrogen-bond donors (Lipinski definition) is 2. The summed E-state index contributed by atoms with van der Waals surface area (Å²) < 4.78 is 38.4. The van der Waals surface area contributed by atoms with E-state index < -0.39 is 21.7 Å². The smallest absolute Gasteiger partial charge is 0.323 e. The van der Waals surface area contributed by atoms with E-state index in [0.717, 1.165) is 31.5 Å². The van der Waals surface area contributed by atoms with Crippen molar-refractivity contribution in [3.8, 4) is 5.75 Å². The molecule has 10 heteroatoms. The van der Waals surface area contributed by atoms with Gasteiger partial charge in [-0.05, 0) is 62.7 Å². The van der Waals surface area contributed by atoms with Gasteiger partial charge in [-0.2, -0.15) is 0 Å². The van der Waals surface area contributed by atoms with Gasteiger partial charge in [0.25, 0.3) is 0 Å². The number of nitrogens with zero attached hydrogens (tertiary/aromatic N) is 2. The lowest BCUT2D eigenvalue weighted by Gasteiger charge is -2.29. The third-order valence-electron chi connectivity index (χ3n) is 5.81. The van der Waals surface area contributed by atoms with Crippen molar-refractivity contribution < 1.29 is 22.7 Å². The minimum atomic E-state index is -4.01. The van der Waals surface area contributed by atoms with Gasteiger partial charge in [-0.15, -0.1) is 0 Å². The predicted octanol–water partition coefficient (Wildman–Crippen LogP) is 2.86. The van der Waals surface area contributed by atoms with Crippen molar-refractivity contribution in [2.24, 2.45) is 5.73 Å². The van der Waals surface area contributed by atoms with Gasteiger partial charge < -0.3 is 20.1 Å². The van der Waals surface area contributed by atoms with E-state index in [1.807, 2.05) is 6.07 Å². The van der Waals surface area contributed by atoms with Crippen molar-refractivity contribution in [3.63, 3.8) is 0 Å². The third-order valence-corrected chi connectivity index (χ3v) is 7.45. The topological polar surface area (TPSA) is 126 Å². The molecule has 0 bridgehead atoms. The number of amidine groups is 1. The van der Waals surface area contributed by atoms with Crippen LogP contribution in [0.25, 0.3) is 6.08 Å². The van der Waals surface area contributed by atoms with Gasteiger partial charge in [-0.25, -0.2) is 8.42 Å². The monoisotopic (exact) mass is 514 g/mol. The highest BCUT2D eigenvalue weighted by Gasteiger charge is 2.26. The fourth-order valence-corrected chi connectivity index (χ4v) is 5.18. The molecule has 0 amide bonds. The molecule has 0 unspecified atom stereocenters. The van der Waals surface area contributed by atoms with Crippen LogP contribution >= 0.6 is 0 Å². The molecule has 0 saturated carbocycles. The lowest BCUT2D eigenvalue weighted by Crippen LogP contribution is -2.36. The molecule has 0 aliphatic carbocycles. The van der Waals surface area contributed by atoms with Gasteiger partial charge >= 0.3 is 5.97 Å². The first-order valence-electron chi connectivity index (χ1n) is 11.9. The summed E-state index contributed by atoms with van der Waals surface area (Å²) in [6.07, 6.45) is 5.44. The zero-order chi connectivity index (χ0) is 26.1. The Morgan fingerprint density at radius 3 is 2.53 bits per heavy atom. The molecule has 0 aromatic heterocycles. The molecule has 1 heterocycles. The Hall–Kier alpha value is -3.37. The number of nitrogens with one attached hydrogen (secondary N) is 1. The third kappa shape index (κ3) is 7.82. The highest BCUT2D eigenvalue weighted by molar-refractivity contribution is 7.93. The first-order valence-corrected chi connectivity index (χ1v) is 13.5. The van der Waals surface area contributed by atoms with Gasteiger partial charge in [0.2, 0.25) is 10.0 Å². The van der Waals surface area contributed by atoms with Crippen LogP contribution in [0, 0.1) is 5.41 Å². The number of benzene rings is 2. The maximum absolute atomic E-state index is 13.1. The van der Waals surface area contributed by atoms with Crippen molar-refractivity contribution in [2.75, 3.05) is 43.3 Å². The molecule has 1 aliphatic rings. The summed E-state index contributed by atoms with van der Waals surface area (Å²) in [4.78, 5) is 14.3. The molecule has 3 rings (SSSR count). The highest BCUT2D eigenvalue weighted by Crippen LogP contribution is 2.25. The van der Waals surface area contributed by atoms with Gasteiger partial charge in [0.05, 0.1) is 18.8 Å². The van der Waals surface area contributed by atoms with Crippen LogP contribution in [-0.4, -0.2) is 70.3 Å². The largest absolute Gasteiger partial charge is 0.490 e. The lowest BCUT2D eigenvalue weighted by molar-refractivity contribution is -0.139. The van der Waals surface area contributed by atoms with E-state index in [1.54, 1.807) is 61.5 Å². The second kappa shape index (κ2) is 12.5. The lowest BCUT2D eigenvalue weighted by atomic mass is 10.1. The van der Waals surface area contributed by atoms with Crippen LogP contribution in [-0.2, 0) is 19.6 Å². The molecule has 0 atom stereocenters. The average Bonchev–Trinajstić information content (AvgIpc) is 2.84. The number of esters is 1.